The first kappa shape index (κ1) is 19.9. The molecule has 3 heterocycles. The summed E-state index contributed by atoms with van der Waals surface area (Å²) in [5.41, 5.74) is 4.15. The molecular formula is C25H22N4O3. The summed E-state index contributed by atoms with van der Waals surface area (Å²) in [6, 6.07) is 17.0. The Morgan fingerprint density at radius 1 is 1.06 bits per heavy atom. The first-order chi connectivity index (χ1) is 15.6. The molecular weight excluding hydrogens is 404 g/mol. The topological polar surface area (TPSA) is 77.3 Å². The summed E-state index contributed by atoms with van der Waals surface area (Å²) >= 11 is 0. The van der Waals surface area contributed by atoms with E-state index in [9.17, 15) is 9.59 Å². The zero-order chi connectivity index (χ0) is 22.1. The van der Waals surface area contributed by atoms with Crippen molar-refractivity contribution in [2.75, 3.05) is 18.1 Å². The Bertz CT molecular complexity index is 1360. The third-order valence-electron chi connectivity index (χ3n) is 5.71. The van der Waals surface area contributed by atoms with Crippen LogP contribution in [0.2, 0.25) is 0 Å². The number of hydrogen-bond donors (Lipinski definition) is 0. The van der Waals surface area contributed by atoms with Gasteiger partial charge in [-0.3, -0.25) is 9.36 Å². The van der Waals surface area contributed by atoms with Gasteiger partial charge in [0.25, 0.3) is 5.56 Å². The zero-order valence-corrected chi connectivity index (χ0v) is 17.7. The predicted molar refractivity (Wildman–Crippen MR) is 122 cm³/mol. The Kier molecular flexibility index (Phi) is 5.15. The Morgan fingerprint density at radius 2 is 1.84 bits per heavy atom. The van der Waals surface area contributed by atoms with E-state index < -0.39 is 0 Å². The van der Waals surface area contributed by atoms with Gasteiger partial charge >= 0.3 is 5.97 Å². The molecule has 2 aromatic heterocycles. The van der Waals surface area contributed by atoms with Crippen LogP contribution in [-0.4, -0.2) is 33.7 Å². The SMILES string of the molecule is CCOC(=O)c1ccc(-n2ccc3nc(N4CCc5ccccc5C4)ncc3c2=O)cc1. The zero-order valence-electron chi connectivity index (χ0n) is 17.7. The van der Waals surface area contributed by atoms with Crippen molar-refractivity contribution in [3.05, 3.63) is 94.0 Å². The van der Waals surface area contributed by atoms with Gasteiger partial charge in [0.2, 0.25) is 5.95 Å². The molecule has 1 aliphatic heterocycles. The van der Waals surface area contributed by atoms with Gasteiger partial charge in [-0.25, -0.2) is 14.8 Å². The lowest BCUT2D eigenvalue weighted by Gasteiger charge is -2.28. The molecule has 0 aliphatic carbocycles. The van der Waals surface area contributed by atoms with Crippen LogP contribution in [-0.2, 0) is 17.7 Å². The molecule has 0 atom stereocenters. The number of ether oxygens (including phenoxy) is 1. The number of benzene rings is 2. The molecule has 32 heavy (non-hydrogen) atoms. The molecule has 0 saturated heterocycles. The first-order valence-corrected chi connectivity index (χ1v) is 10.6. The number of nitrogens with zero attached hydrogens (tertiary/aromatic N) is 4. The van der Waals surface area contributed by atoms with Crippen molar-refractivity contribution >= 4 is 22.8 Å². The number of pyridine rings is 1. The van der Waals surface area contributed by atoms with Gasteiger partial charge in [-0.05, 0) is 54.8 Å². The Hall–Kier alpha value is -4.00. The fraction of sp³-hybridized carbons (Fsp3) is 0.200. The van der Waals surface area contributed by atoms with E-state index >= 15 is 0 Å². The van der Waals surface area contributed by atoms with E-state index in [1.807, 2.05) is 12.1 Å². The number of anilines is 1. The normalized spacial score (nSPS) is 13.1. The highest BCUT2D eigenvalue weighted by Gasteiger charge is 2.19. The van der Waals surface area contributed by atoms with Crippen molar-refractivity contribution in [3.63, 3.8) is 0 Å². The van der Waals surface area contributed by atoms with Crippen molar-refractivity contribution in [1.82, 2.24) is 14.5 Å². The minimum atomic E-state index is -0.383. The Morgan fingerprint density at radius 3 is 2.62 bits per heavy atom. The molecule has 160 valence electrons. The van der Waals surface area contributed by atoms with Crippen LogP contribution in [0.25, 0.3) is 16.6 Å². The number of hydrogen-bond acceptors (Lipinski definition) is 6. The molecule has 0 fully saturated rings. The molecule has 0 unspecified atom stereocenters. The van der Waals surface area contributed by atoms with Gasteiger partial charge in [0, 0.05) is 31.2 Å². The van der Waals surface area contributed by atoms with Crippen LogP contribution in [0, 0.1) is 0 Å². The average Bonchev–Trinajstić information content (AvgIpc) is 2.84. The molecule has 7 heteroatoms. The number of esters is 1. The van der Waals surface area contributed by atoms with Gasteiger partial charge in [-0.1, -0.05) is 24.3 Å². The van der Waals surface area contributed by atoms with Crippen LogP contribution in [0.3, 0.4) is 0 Å². The minimum absolute atomic E-state index is 0.207. The van der Waals surface area contributed by atoms with Crippen LogP contribution in [0.4, 0.5) is 5.95 Å². The molecule has 0 N–H and O–H groups in total. The maximum absolute atomic E-state index is 13.1. The molecule has 0 amide bonds. The highest BCUT2D eigenvalue weighted by atomic mass is 16.5. The third kappa shape index (κ3) is 3.62. The standard InChI is InChI=1S/C25H22N4O3/c1-2-32-24(31)18-7-9-20(10-8-18)29-14-12-22-21(23(29)30)15-26-25(27-22)28-13-11-17-5-3-4-6-19(17)16-28/h3-10,12,14-15H,2,11,13,16H2,1H3. The third-order valence-corrected chi connectivity index (χ3v) is 5.71. The summed E-state index contributed by atoms with van der Waals surface area (Å²) in [5, 5.41) is 0.447. The first-order valence-electron chi connectivity index (χ1n) is 10.6. The number of carbonyl (C=O) groups is 1. The molecule has 0 spiro atoms. The summed E-state index contributed by atoms with van der Waals surface area (Å²) in [5.74, 6) is 0.245. The van der Waals surface area contributed by atoms with E-state index in [4.69, 9.17) is 4.74 Å². The van der Waals surface area contributed by atoms with Crippen molar-refractivity contribution in [2.45, 2.75) is 19.9 Å². The molecule has 5 rings (SSSR count). The molecule has 1 aliphatic rings. The molecule has 0 saturated carbocycles. The number of rotatable bonds is 4. The molecule has 4 aromatic rings. The van der Waals surface area contributed by atoms with E-state index in [1.54, 1.807) is 43.6 Å². The lowest BCUT2D eigenvalue weighted by Crippen LogP contribution is -2.31. The summed E-state index contributed by atoms with van der Waals surface area (Å²) in [4.78, 5) is 36.2. The quantitative estimate of drug-likeness (QED) is 0.465. The maximum atomic E-state index is 13.1. The highest BCUT2D eigenvalue weighted by molar-refractivity contribution is 5.89. The van der Waals surface area contributed by atoms with Crippen molar-refractivity contribution < 1.29 is 9.53 Å². The van der Waals surface area contributed by atoms with Crippen LogP contribution in [0.5, 0.6) is 0 Å². The van der Waals surface area contributed by atoms with Gasteiger partial charge < -0.3 is 9.64 Å². The fourth-order valence-corrected chi connectivity index (χ4v) is 4.01. The second-order valence-corrected chi connectivity index (χ2v) is 7.67. The largest absolute Gasteiger partial charge is 0.462 e. The van der Waals surface area contributed by atoms with Crippen LogP contribution in [0.15, 0.2) is 71.8 Å². The van der Waals surface area contributed by atoms with Gasteiger partial charge in [-0.15, -0.1) is 0 Å². The van der Waals surface area contributed by atoms with Crippen molar-refractivity contribution in [1.29, 1.82) is 0 Å². The van der Waals surface area contributed by atoms with Crippen LogP contribution in [0.1, 0.15) is 28.4 Å². The predicted octanol–water partition coefficient (Wildman–Crippen LogP) is 3.52. The van der Waals surface area contributed by atoms with Crippen LogP contribution >= 0.6 is 0 Å². The highest BCUT2D eigenvalue weighted by Crippen LogP contribution is 2.23. The van der Waals surface area contributed by atoms with Gasteiger partial charge in [0.15, 0.2) is 0 Å². The number of fused-ring (bicyclic) bond motifs is 2. The summed E-state index contributed by atoms with van der Waals surface area (Å²) in [7, 11) is 0. The number of aromatic nitrogens is 3. The number of carbonyl (C=O) groups excluding carboxylic acids is 1. The van der Waals surface area contributed by atoms with E-state index in [0.29, 0.717) is 34.7 Å². The average molecular weight is 426 g/mol. The maximum Gasteiger partial charge on any atom is 0.338 e. The van der Waals surface area contributed by atoms with Crippen molar-refractivity contribution in [3.8, 4) is 5.69 Å². The minimum Gasteiger partial charge on any atom is -0.462 e. The second kappa shape index (κ2) is 8.26. The van der Waals surface area contributed by atoms with E-state index in [-0.39, 0.29) is 11.5 Å². The molecule has 2 aromatic carbocycles. The lowest BCUT2D eigenvalue weighted by molar-refractivity contribution is 0.0526. The lowest BCUT2D eigenvalue weighted by atomic mass is 10.0. The van der Waals surface area contributed by atoms with E-state index in [1.165, 1.54) is 15.7 Å². The van der Waals surface area contributed by atoms with E-state index in [2.05, 4.69) is 33.1 Å². The van der Waals surface area contributed by atoms with Crippen LogP contribution < -0.4 is 10.5 Å². The van der Waals surface area contributed by atoms with Gasteiger partial charge in [0.05, 0.1) is 23.1 Å². The smallest absolute Gasteiger partial charge is 0.338 e. The van der Waals surface area contributed by atoms with E-state index in [0.717, 1.165) is 19.5 Å². The van der Waals surface area contributed by atoms with Crippen molar-refractivity contribution in [2.24, 2.45) is 0 Å². The Labute approximate surface area is 184 Å². The summed E-state index contributed by atoms with van der Waals surface area (Å²) in [6.07, 6.45) is 4.25. The Balaban J connectivity index is 1.44. The summed E-state index contributed by atoms with van der Waals surface area (Å²) in [6.45, 7) is 3.67. The summed E-state index contributed by atoms with van der Waals surface area (Å²) < 4.78 is 6.53. The fourth-order valence-electron chi connectivity index (χ4n) is 4.01. The second-order valence-electron chi connectivity index (χ2n) is 7.67. The van der Waals surface area contributed by atoms with Gasteiger partial charge in [0.1, 0.15) is 0 Å². The monoisotopic (exact) mass is 426 g/mol. The molecule has 0 bridgehead atoms. The molecule has 0 radical (unpaired) electrons. The van der Waals surface area contributed by atoms with Gasteiger partial charge in [-0.2, -0.15) is 0 Å². The molecule has 7 nitrogen and oxygen atoms in total.